The van der Waals surface area contributed by atoms with Crippen molar-refractivity contribution in [1.82, 2.24) is 10.6 Å². The first-order chi connectivity index (χ1) is 13.7. The zero-order valence-corrected chi connectivity index (χ0v) is 19.8. The summed E-state index contributed by atoms with van der Waals surface area (Å²) in [5.41, 5.74) is 3.68. The lowest BCUT2D eigenvalue weighted by atomic mass is 10.1. The van der Waals surface area contributed by atoms with Crippen LogP contribution in [0.3, 0.4) is 0 Å². The van der Waals surface area contributed by atoms with Gasteiger partial charge < -0.3 is 20.1 Å². The molecule has 2 N–H and O–H groups in total. The molecule has 3 rings (SSSR count). The summed E-state index contributed by atoms with van der Waals surface area (Å²) in [6, 6.07) is 17.4. The van der Waals surface area contributed by atoms with Crippen molar-refractivity contribution in [2.45, 2.75) is 38.8 Å². The number of hydrogen-bond donors (Lipinski definition) is 2. The molecule has 158 valence electrons. The Balaban J connectivity index is 0.00000300. The van der Waals surface area contributed by atoms with Crippen molar-refractivity contribution in [1.29, 1.82) is 0 Å². The van der Waals surface area contributed by atoms with Gasteiger partial charge in [-0.15, -0.1) is 24.0 Å². The molecular weight excluding hydrogens is 477 g/mol. The maximum absolute atomic E-state index is 5.93. The average Bonchev–Trinajstić information content (AvgIpc) is 3.49. The second kappa shape index (κ2) is 12.0. The first kappa shape index (κ1) is 23.5. The lowest BCUT2D eigenvalue weighted by molar-refractivity contribution is 0.110. The second-order valence-electron chi connectivity index (χ2n) is 7.09. The molecule has 0 aromatic heterocycles. The third kappa shape index (κ3) is 7.19. The van der Waals surface area contributed by atoms with E-state index in [0.29, 0.717) is 38.3 Å². The molecular formula is C23H32IN3O2. The van der Waals surface area contributed by atoms with E-state index < -0.39 is 0 Å². The Kier molecular flexibility index (Phi) is 9.73. The quantitative estimate of drug-likeness (QED) is 0.230. The van der Waals surface area contributed by atoms with Gasteiger partial charge in [-0.05, 0) is 37.5 Å². The monoisotopic (exact) mass is 509 g/mol. The summed E-state index contributed by atoms with van der Waals surface area (Å²) < 4.78 is 11.3. The number of nitrogens with zero attached hydrogens (tertiary/aromatic N) is 1. The van der Waals surface area contributed by atoms with Crippen LogP contribution in [0.25, 0.3) is 0 Å². The lowest BCUT2D eigenvalue weighted by Crippen LogP contribution is -2.38. The number of benzene rings is 2. The molecule has 1 aliphatic carbocycles. The smallest absolute Gasteiger partial charge is 0.191 e. The Bertz CT molecular complexity index is 783. The number of aryl methyl sites for hydroxylation is 1. The van der Waals surface area contributed by atoms with Gasteiger partial charge in [-0.3, -0.25) is 4.99 Å². The van der Waals surface area contributed by atoms with Crippen LogP contribution in [0.4, 0.5) is 0 Å². The predicted octanol–water partition coefficient (Wildman–Crippen LogP) is 4.25. The summed E-state index contributed by atoms with van der Waals surface area (Å²) in [5.74, 6) is 2.29. The Labute approximate surface area is 191 Å². The molecule has 5 nitrogen and oxygen atoms in total. The van der Waals surface area contributed by atoms with E-state index in [1.807, 2.05) is 14.0 Å². The summed E-state index contributed by atoms with van der Waals surface area (Å²) in [6.45, 7) is 6.58. The van der Waals surface area contributed by atoms with Crippen molar-refractivity contribution in [2.24, 2.45) is 4.99 Å². The summed E-state index contributed by atoms with van der Waals surface area (Å²) in [7, 11) is 1.81. The SMILES string of the molecule is CCOCCOc1cc(C)ccc1CNC(=NC)NC1CC1c1ccccc1.I. The number of rotatable bonds is 9. The maximum Gasteiger partial charge on any atom is 0.191 e. The molecule has 2 atom stereocenters. The molecule has 0 aliphatic heterocycles. The second-order valence-corrected chi connectivity index (χ2v) is 7.09. The highest BCUT2D eigenvalue weighted by atomic mass is 127. The molecule has 0 spiro atoms. The summed E-state index contributed by atoms with van der Waals surface area (Å²) in [6.07, 6.45) is 1.14. The van der Waals surface area contributed by atoms with Crippen LogP contribution in [0.5, 0.6) is 5.75 Å². The first-order valence-corrected chi connectivity index (χ1v) is 10.0. The van der Waals surface area contributed by atoms with Gasteiger partial charge in [0.2, 0.25) is 0 Å². The zero-order chi connectivity index (χ0) is 19.8. The number of halogens is 1. The van der Waals surface area contributed by atoms with E-state index in [1.54, 1.807) is 0 Å². The van der Waals surface area contributed by atoms with Crippen molar-refractivity contribution >= 4 is 29.9 Å². The Hall–Kier alpha value is -1.80. The third-order valence-electron chi connectivity index (χ3n) is 4.92. The standard InChI is InChI=1S/C23H31N3O2.HI/c1-4-27-12-13-28-22-14-17(2)10-11-19(22)16-25-23(24-3)26-21-15-20(21)18-8-6-5-7-9-18;/h5-11,14,20-21H,4,12-13,15-16H2,1-3H3,(H2,24,25,26);1H. The van der Waals surface area contributed by atoms with E-state index in [1.165, 1.54) is 11.1 Å². The molecule has 0 amide bonds. The average molecular weight is 509 g/mol. The van der Waals surface area contributed by atoms with Gasteiger partial charge in [-0.2, -0.15) is 0 Å². The van der Waals surface area contributed by atoms with Crippen molar-refractivity contribution in [2.75, 3.05) is 26.9 Å². The number of guanidine groups is 1. The van der Waals surface area contributed by atoms with Crippen LogP contribution in [-0.2, 0) is 11.3 Å². The largest absolute Gasteiger partial charge is 0.491 e. The van der Waals surface area contributed by atoms with E-state index in [4.69, 9.17) is 9.47 Å². The van der Waals surface area contributed by atoms with Gasteiger partial charge in [0.1, 0.15) is 12.4 Å². The zero-order valence-electron chi connectivity index (χ0n) is 17.5. The van der Waals surface area contributed by atoms with Gasteiger partial charge in [-0.1, -0.05) is 42.5 Å². The van der Waals surface area contributed by atoms with Gasteiger partial charge in [-0.25, -0.2) is 0 Å². The molecule has 0 heterocycles. The van der Waals surface area contributed by atoms with Gasteiger partial charge in [0, 0.05) is 37.7 Å². The molecule has 1 fully saturated rings. The number of aliphatic imine (C=N–C) groups is 1. The Morgan fingerprint density at radius 1 is 1.14 bits per heavy atom. The number of nitrogens with one attached hydrogen (secondary N) is 2. The third-order valence-corrected chi connectivity index (χ3v) is 4.92. The van der Waals surface area contributed by atoms with Crippen molar-refractivity contribution in [3.8, 4) is 5.75 Å². The minimum atomic E-state index is 0. The molecule has 29 heavy (non-hydrogen) atoms. The van der Waals surface area contributed by atoms with E-state index >= 15 is 0 Å². The molecule has 0 bridgehead atoms. The number of hydrogen-bond acceptors (Lipinski definition) is 3. The molecule has 0 saturated heterocycles. The Morgan fingerprint density at radius 3 is 2.66 bits per heavy atom. The van der Waals surface area contributed by atoms with Gasteiger partial charge in [0.15, 0.2) is 5.96 Å². The molecule has 1 saturated carbocycles. The minimum Gasteiger partial charge on any atom is -0.491 e. The van der Waals surface area contributed by atoms with Gasteiger partial charge >= 0.3 is 0 Å². The van der Waals surface area contributed by atoms with Crippen molar-refractivity contribution < 1.29 is 9.47 Å². The fourth-order valence-electron chi connectivity index (χ4n) is 3.27. The van der Waals surface area contributed by atoms with Gasteiger partial charge in [0.25, 0.3) is 0 Å². The molecule has 2 unspecified atom stereocenters. The van der Waals surface area contributed by atoms with Gasteiger partial charge in [0.05, 0.1) is 6.61 Å². The number of ether oxygens (including phenoxy) is 2. The first-order valence-electron chi connectivity index (χ1n) is 10.0. The van der Waals surface area contributed by atoms with E-state index in [9.17, 15) is 0 Å². The van der Waals surface area contributed by atoms with E-state index in [-0.39, 0.29) is 24.0 Å². The van der Waals surface area contributed by atoms with Crippen LogP contribution in [0.2, 0.25) is 0 Å². The van der Waals surface area contributed by atoms with Crippen LogP contribution in [0, 0.1) is 6.92 Å². The Morgan fingerprint density at radius 2 is 1.93 bits per heavy atom. The van der Waals surface area contributed by atoms with Crippen molar-refractivity contribution in [3.63, 3.8) is 0 Å². The minimum absolute atomic E-state index is 0. The lowest BCUT2D eigenvalue weighted by Gasteiger charge is -2.15. The fraction of sp³-hybridized carbons (Fsp3) is 0.435. The van der Waals surface area contributed by atoms with Crippen LogP contribution in [-0.4, -0.2) is 38.9 Å². The van der Waals surface area contributed by atoms with Crippen LogP contribution >= 0.6 is 24.0 Å². The van der Waals surface area contributed by atoms with Crippen LogP contribution in [0.1, 0.15) is 36.0 Å². The summed E-state index contributed by atoms with van der Waals surface area (Å²) >= 11 is 0. The summed E-state index contributed by atoms with van der Waals surface area (Å²) in [5, 5.41) is 6.95. The fourth-order valence-corrected chi connectivity index (χ4v) is 3.27. The highest BCUT2D eigenvalue weighted by molar-refractivity contribution is 14.0. The highest BCUT2D eigenvalue weighted by Crippen LogP contribution is 2.40. The molecule has 6 heteroatoms. The van der Waals surface area contributed by atoms with E-state index in [0.717, 1.165) is 23.7 Å². The van der Waals surface area contributed by atoms with E-state index in [2.05, 4.69) is 71.1 Å². The van der Waals surface area contributed by atoms with Crippen molar-refractivity contribution in [3.05, 3.63) is 65.2 Å². The molecule has 1 aliphatic rings. The maximum atomic E-state index is 5.93. The molecule has 0 radical (unpaired) electrons. The van der Waals surface area contributed by atoms with Crippen LogP contribution < -0.4 is 15.4 Å². The summed E-state index contributed by atoms with van der Waals surface area (Å²) in [4.78, 5) is 4.38. The molecule has 2 aromatic rings. The molecule has 2 aromatic carbocycles. The normalized spacial score (nSPS) is 18.0. The topological polar surface area (TPSA) is 54.9 Å². The highest BCUT2D eigenvalue weighted by Gasteiger charge is 2.38. The predicted molar refractivity (Wildman–Crippen MR) is 130 cm³/mol. The van der Waals surface area contributed by atoms with Crippen LogP contribution in [0.15, 0.2) is 53.5 Å².